The Kier molecular flexibility index (Phi) is 4.50. The summed E-state index contributed by atoms with van der Waals surface area (Å²) in [5.41, 5.74) is 1.70. The second kappa shape index (κ2) is 6.60. The number of ether oxygens (including phenoxy) is 1. The maximum absolute atomic E-state index is 12.5. The number of aromatic nitrogens is 3. The van der Waals surface area contributed by atoms with Gasteiger partial charge < -0.3 is 4.74 Å². The Morgan fingerprint density at radius 1 is 1.32 bits per heavy atom. The van der Waals surface area contributed by atoms with Gasteiger partial charge in [0.05, 0.1) is 24.1 Å². The predicted molar refractivity (Wildman–Crippen MR) is 97.5 cm³/mol. The number of hydrogen-bond acceptors (Lipinski definition) is 5. The van der Waals surface area contributed by atoms with E-state index in [1.807, 2.05) is 37.3 Å². The molecular formula is C18H17N3O3S. The Bertz CT molecular complexity index is 1070. The summed E-state index contributed by atoms with van der Waals surface area (Å²) in [5, 5.41) is 0.175. The molecule has 3 aromatic rings. The van der Waals surface area contributed by atoms with Gasteiger partial charge in [0.1, 0.15) is 5.65 Å². The van der Waals surface area contributed by atoms with Crippen LogP contribution in [0.25, 0.3) is 11.0 Å². The minimum atomic E-state index is -0.586. The number of pyridine rings is 1. The summed E-state index contributed by atoms with van der Waals surface area (Å²) in [4.78, 5) is 31.7. The minimum Gasteiger partial charge on any atom is -0.465 e. The van der Waals surface area contributed by atoms with Crippen LogP contribution >= 0.6 is 12.2 Å². The van der Waals surface area contributed by atoms with Crippen LogP contribution in [0.3, 0.4) is 0 Å². The zero-order valence-corrected chi connectivity index (χ0v) is 14.9. The number of carbonyl (C=O) groups is 1. The maximum atomic E-state index is 12.5. The van der Waals surface area contributed by atoms with Gasteiger partial charge in [-0.15, -0.1) is 0 Å². The fourth-order valence-corrected chi connectivity index (χ4v) is 3.22. The average Bonchev–Trinajstić information content (AvgIpc) is 2.60. The summed E-state index contributed by atoms with van der Waals surface area (Å²) in [7, 11) is 1.28. The Hall–Kier alpha value is -2.80. The van der Waals surface area contributed by atoms with Crippen molar-refractivity contribution in [3.8, 4) is 0 Å². The van der Waals surface area contributed by atoms with Crippen LogP contribution in [0.15, 0.2) is 41.2 Å². The Morgan fingerprint density at radius 3 is 2.64 bits per heavy atom. The van der Waals surface area contributed by atoms with Crippen molar-refractivity contribution < 1.29 is 9.53 Å². The molecule has 0 aliphatic rings. The fraction of sp³-hybridized carbons (Fsp3) is 0.222. The zero-order valence-electron chi connectivity index (χ0n) is 14.1. The molecule has 0 amide bonds. The summed E-state index contributed by atoms with van der Waals surface area (Å²) in [6.45, 7) is 3.72. The summed E-state index contributed by atoms with van der Waals surface area (Å²) in [6, 6.07) is 11.1. The number of aromatic amines is 1. The topological polar surface area (TPSA) is 77.0 Å². The van der Waals surface area contributed by atoms with E-state index in [9.17, 15) is 9.59 Å². The lowest BCUT2D eigenvalue weighted by molar-refractivity contribution is 0.0602. The molecule has 25 heavy (non-hydrogen) atoms. The molecule has 0 spiro atoms. The fourth-order valence-electron chi connectivity index (χ4n) is 2.88. The Morgan fingerprint density at radius 2 is 2.00 bits per heavy atom. The number of nitrogens with zero attached hydrogens (tertiary/aromatic N) is 2. The van der Waals surface area contributed by atoms with E-state index in [1.165, 1.54) is 7.11 Å². The molecular weight excluding hydrogens is 338 g/mol. The number of hydrogen-bond donors (Lipinski definition) is 1. The highest BCUT2D eigenvalue weighted by Crippen LogP contribution is 2.23. The molecule has 2 heterocycles. The molecule has 0 radical (unpaired) electrons. The summed E-state index contributed by atoms with van der Waals surface area (Å²) in [5.74, 6) is -0.586. The molecule has 1 atom stereocenters. The number of rotatable bonds is 3. The highest BCUT2D eigenvalue weighted by Gasteiger charge is 2.20. The largest absolute Gasteiger partial charge is 0.465 e. The molecule has 7 heteroatoms. The first-order valence-corrected chi connectivity index (χ1v) is 8.14. The third-order valence-corrected chi connectivity index (χ3v) is 4.40. The summed E-state index contributed by atoms with van der Waals surface area (Å²) >= 11 is 5.38. The van der Waals surface area contributed by atoms with Crippen LogP contribution in [0.2, 0.25) is 0 Å². The van der Waals surface area contributed by atoms with Gasteiger partial charge in [-0.2, -0.15) is 0 Å². The number of carbonyl (C=O) groups excluding carboxylic acids is 1. The molecule has 1 aromatic carbocycles. The molecule has 0 fully saturated rings. The SMILES string of the molecule is COC(=O)c1cc(C)nc2c1c(=O)[nH]c(=S)n2[C@H](C)c1ccccc1. The molecule has 0 aliphatic heterocycles. The average molecular weight is 355 g/mol. The monoisotopic (exact) mass is 355 g/mol. The summed E-state index contributed by atoms with van der Waals surface area (Å²) in [6.07, 6.45) is 0. The smallest absolute Gasteiger partial charge is 0.338 e. The van der Waals surface area contributed by atoms with Crippen molar-refractivity contribution in [2.75, 3.05) is 7.11 Å². The van der Waals surface area contributed by atoms with Crippen molar-refractivity contribution >= 4 is 29.2 Å². The van der Waals surface area contributed by atoms with Gasteiger partial charge in [-0.1, -0.05) is 30.3 Å². The maximum Gasteiger partial charge on any atom is 0.338 e. The van der Waals surface area contributed by atoms with E-state index in [0.717, 1.165) is 5.56 Å². The van der Waals surface area contributed by atoms with Gasteiger partial charge >= 0.3 is 5.97 Å². The van der Waals surface area contributed by atoms with Crippen molar-refractivity contribution in [3.63, 3.8) is 0 Å². The molecule has 0 unspecified atom stereocenters. The molecule has 1 N–H and O–H groups in total. The Balaban J connectivity index is 2.41. The van der Waals surface area contributed by atoms with Gasteiger partial charge in [0, 0.05) is 5.69 Å². The molecule has 0 aliphatic carbocycles. The number of fused-ring (bicyclic) bond motifs is 1. The number of benzene rings is 1. The molecule has 0 saturated heterocycles. The lowest BCUT2D eigenvalue weighted by atomic mass is 10.1. The van der Waals surface area contributed by atoms with Crippen LogP contribution in [0.4, 0.5) is 0 Å². The van der Waals surface area contributed by atoms with Crippen LogP contribution in [0.5, 0.6) is 0 Å². The van der Waals surface area contributed by atoms with Gasteiger partial charge in [0.25, 0.3) is 5.56 Å². The molecule has 0 saturated carbocycles. The number of esters is 1. The van der Waals surface area contributed by atoms with Crippen molar-refractivity contribution in [2.24, 2.45) is 0 Å². The van der Waals surface area contributed by atoms with E-state index >= 15 is 0 Å². The van der Waals surface area contributed by atoms with E-state index < -0.39 is 11.5 Å². The lowest BCUT2D eigenvalue weighted by Gasteiger charge is -2.19. The first-order valence-electron chi connectivity index (χ1n) is 7.73. The molecule has 0 bridgehead atoms. The van der Waals surface area contributed by atoms with Crippen LogP contribution < -0.4 is 5.56 Å². The number of H-pyrrole nitrogens is 1. The van der Waals surface area contributed by atoms with Gasteiger partial charge in [0.2, 0.25) is 0 Å². The van der Waals surface area contributed by atoms with Crippen molar-refractivity contribution in [3.05, 3.63) is 68.3 Å². The van der Waals surface area contributed by atoms with Crippen molar-refractivity contribution in [1.82, 2.24) is 14.5 Å². The number of aryl methyl sites for hydroxylation is 1. The molecule has 6 nitrogen and oxygen atoms in total. The number of methoxy groups -OCH3 is 1. The van der Waals surface area contributed by atoms with Crippen LogP contribution in [0, 0.1) is 11.7 Å². The van der Waals surface area contributed by atoms with Crippen LogP contribution in [0.1, 0.15) is 34.6 Å². The quantitative estimate of drug-likeness (QED) is 0.577. The Labute approximate surface area is 149 Å². The normalized spacial score (nSPS) is 12.1. The number of nitrogens with one attached hydrogen (secondary N) is 1. The highest BCUT2D eigenvalue weighted by atomic mass is 32.1. The van der Waals surface area contributed by atoms with Crippen molar-refractivity contribution in [2.45, 2.75) is 19.9 Å². The van der Waals surface area contributed by atoms with Gasteiger partial charge in [-0.3, -0.25) is 14.3 Å². The zero-order chi connectivity index (χ0) is 18.1. The first kappa shape index (κ1) is 17.0. The van der Waals surface area contributed by atoms with Gasteiger partial charge in [-0.05, 0) is 37.7 Å². The van der Waals surface area contributed by atoms with Crippen LogP contribution in [-0.4, -0.2) is 27.6 Å². The molecule has 128 valence electrons. The van der Waals surface area contributed by atoms with E-state index in [2.05, 4.69) is 9.97 Å². The standard InChI is InChI=1S/C18H17N3O3S/c1-10-9-13(17(23)24-3)14-15(19-10)21(18(25)20-16(14)22)11(2)12-7-5-4-6-8-12/h4-9,11H,1-3H3,(H,20,22,25)/t11-/m1/s1. The van der Waals surface area contributed by atoms with E-state index in [1.54, 1.807) is 17.6 Å². The highest BCUT2D eigenvalue weighted by molar-refractivity contribution is 7.71. The minimum absolute atomic E-state index is 0.173. The third-order valence-electron chi connectivity index (χ3n) is 4.10. The second-order valence-corrected chi connectivity index (χ2v) is 6.10. The van der Waals surface area contributed by atoms with Gasteiger partial charge in [0.15, 0.2) is 4.77 Å². The van der Waals surface area contributed by atoms with E-state index in [0.29, 0.717) is 11.3 Å². The van der Waals surface area contributed by atoms with Crippen LogP contribution in [-0.2, 0) is 4.74 Å². The lowest BCUT2D eigenvalue weighted by Crippen LogP contribution is -2.21. The first-order chi connectivity index (χ1) is 11.9. The summed E-state index contributed by atoms with van der Waals surface area (Å²) < 4.78 is 6.82. The van der Waals surface area contributed by atoms with Crippen molar-refractivity contribution in [1.29, 1.82) is 0 Å². The van der Waals surface area contributed by atoms with E-state index in [-0.39, 0.29) is 21.8 Å². The molecule has 2 aromatic heterocycles. The van der Waals surface area contributed by atoms with Gasteiger partial charge in [-0.25, -0.2) is 9.78 Å². The predicted octanol–water partition coefficient (Wildman–Crippen LogP) is 3.16. The molecule has 3 rings (SSSR count). The third kappa shape index (κ3) is 2.98. The van der Waals surface area contributed by atoms with E-state index in [4.69, 9.17) is 17.0 Å². The second-order valence-electron chi connectivity index (χ2n) is 5.72.